The molecule has 0 aromatic heterocycles. The minimum absolute atomic E-state index is 0.0690. The lowest BCUT2D eigenvalue weighted by Crippen LogP contribution is -2.30. The molecule has 0 spiro atoms. The molecular weight excluding hydrogens is 1560 g/mol. The second-order valence-corrected chi connectivity index (χ2v) is 34.3. The van der Waals surface area contributed by atoms with E-state index in [2.05, 4.69) is 215 Å². The van der Waals surface area contributed by atoms with Crippen molar-refractivity contribution in [3.05, 3.63) is 194 Å². The zero-order valence-electron chi connectivity index (χ0n) is 76.1. The van der Waals surface area contributed by atoms with Gasteiger partial charge in [-0.25, -0.2) is 9.13 Å². The summed E-state index contributed by atoms with van der Waals surface area (Å²) in [5.41, 5.74) is 0. The van der Waals surface area contributed by atoms with Gasteiger partial charge in [0.05, 0.1) is 26.4 Å². The van der Waals surface area contributed by atoms with Crippen LogP contribution in [0.25, 0.3) is 0 Å². The average molecular weight is 1730 g/mol. The van der Waals surface area contributed by atoms with E-state index in [4.69, 9.17) is 32.3 Å². The summed E-state index contributed by atoms with van der Waals surface area (Å²) in [5.74, 6) is -1.60. The van der Waals surface area contributed by atoms with Gasteiger partial charge in [-0.1, -0.05) is 389 Å². The number of phosphoric ester groups is 2. The van der Waals surface area contributed by atoms with Gasteiger partial charge in [0.1, 0.15) is 25.4 Å². The first-order valence-corrected chi connectivity index (χ1v) is 50.7. The molecule has 121 heavy (non-hydrogen) atoms. The zero-order valence-corrected chi connectivity index (χ0v) is 77.9. The maximum Gasteiger partial charge on any atom is 0.472 e. The highest BCUT2D eigenvalue weighted by atomic mass is 31.2. The number of aliphatic hydroxyl groups is 2. The Labute approximate surface area is 737 Å². The van der Waals surface area contributed by atoms with Gasteiger partial charge in [0.25, 0.3) is 0 Å². The summed E-state index contributed by atoms with van der Waals surface area (Å²) in [5, 5.41) is 20.8. The zero-order chi connectivity index (χ0) is 87.9. The number of allylic oxidation sites excluding steroid dienone is 32. The number of hydrogen-bond donors (Lipinski definition) is 4. The minimum Gasteiger partial charge on any atom is -0.463 e. The fourth-order valence-electron chi connectivity index (χ4n) is 12.6. The van der Waals surface area contributed by atoms with E-state index >= 15 is 0 Å². The van der Waals surface area contributed by atoms with Gasteiger partial charge < -0.3 is 34.2 Å². The van der Waals surface area contributed by atoms with Crippen LogP contribution in [0.15, 0.2) is 194 Å². The highest BCUT2D eigenvalue weighted by Gasteiger charge is 2.29. The van der Waals surface area contributed by atoms with Crippen molar-refractivity contribution in [2.24, 2.45) is 0 Å². The summed E-state index contributed by atoms with van der Waals surface area (Å²) in [6.45, 7) is 2.43. The molecule has 5 atom stereocenters. The first-order valence-electron chi connectivity index (χ1n) is 47.7. The molecule has 18 heteroatoms. The van der Waals surface area contributed by atoms with Gasteiger partial charge in [0.2, 0.25) is 0 Å². The summed E-state index contributed by atoms with van der Waals surface area (Å²) in [6, 6.07) is 0. The highest BCUT2D eigenvalue weighted by molar-refractivity contribution is 7.47. The Bertz CT molecular complexity index is 2980. The molecular formula is C103H172O16P2. The normalized spacial score (nSPS) is 14.6. The fourth-order valence-corrected chi connectivity index (χ4v) is 14.2. The summed E-state index contributed by atoms with van der Waals surface area (Å²) < 4.78 is 61.5. The third kappa shape index (κ3) is 94.9. The largest absolute Gasteiger partial charge is 0.472 e. The van der Waals surface area contributed by atoms with Gasteiger partial charge >= 0.3 is 33.6 Å². The molecule has 16 nitrogen and oxygen atoms in total. The predicted octanol–water partition coefficient (Wildman–Crippen LogP) is 29.8. The second kappa shape index (κ2) is 93.5. The van der Waals surface area contributed by atoms with Crippen LogP contribution in [-0.2, 0) is 55.8 Å². The molecule has 0 saturated heterocycles. The fraction of sp³-hybridized carbons (Fsp3) is 0.660. The number of ether oxygens (including phenoxy) is 3. The van der Waals surface area contributed by atoms with Gasteiger partial charge in [-0.15, -0.1) is 0 Å². The number of rotatable bonds is 89. The van der Waals surface area contributed by atoms with Crippen LogP contribution in [0, 0.1) is 0 Å². The monoisotopic (exact) mass is 1730 g/mol. The van der Waals surface area contributed by atoms with Crippen molar-refractivity contribution in [3.63, 3.8) is 0 Å². The Morgan fingerprint density at radius 1 is 0.240 bits per heavy atom. The van der Waals surface area contributed by atoms with Crippen LogP contribution in [0.1, 0.15) is 380 Å². The Kier molecular flexibility index (Phi) is 89.2. The Balaban J connectivity index is 4.62. The van der Waals surface area contributed by atoms with E-state index in [1.165, 1.54) is 141 Å². The highest BCUT2D eigenvalue weighted by Crippen LogP contribution is 2.45. The molecule has 0 fully saturated rings. The number of aliphatic hydroxyl groups excluding tert-OH is 2. The van der Waals surface area contributed by atoms with Gasteiger partial charge in [-0.05, 0) is 167 Å². The molecule has 0 radical (unpaired) electrons. The quantitative estimate of drug-likeness (QED) is 0.0146. The van der Waals surface area contributed by atoms with Crippen molar-refractivity contribution < 1.29 is 75.8 Å². The topological polar surface area (TPSA) is 231 Å². The predicted molar refractivity (Wildman–Crippen MR) is 509 cm³/mol. The second-order valence-electron chi connectivity index (χ2n) is 31.4. The van der Waals surface area contributed by atoms with Crippen molar-refractivity contribution in [2.45, 2.75) is 399 Å². The molecule has 0 heterocycles. The molecule has 0 aliphatic carbocycles. The van der Waals surface area contributed by atoms with E-state index in [-0.39, 0.29) is 19.3 Å². The van der Waals surface area contributed by atoms with Gasteiger partial charge in [0, 0.05) is 19.3 Å². The van der Waals surface area contributed by atoms with Crippen molar-refractivity contribution in [1.29, 1.82) is 0 Å². The van der Waals surface area contributed by atoms with E-state index in [1.807, 2.05) is 0 Å². The third-order valence-electron chi connectivity index (χ3n) is 19.8. The molecule has 0 rings (SSSR count). The lowest BCUT2D eigenvalue weighted by Gasteiger charge is -2.21. The van der Waals surface area contributed by atoms with Crippen molar-refractivity contribution in [3.8, 4) is 0 Å². The van der Waals surface area contributed by atoms with Crippen LogP contribution < -0.4 is 0 Å². The van der Waals surface area contributed by atoms with E-state index in [0.717, 1.165) is 180 Å². The first kappa shape index (κ1) is 115. The van der Waals surface area contributed by atoms with Crippen LogP contribution in [-0.4, -0.2) is 95.9 Å². The summed E-state index contributed by atoms with van der Waals surface area (Å²) in [4.78, 5) is 59.1. The first-order chi connectivity index (χ1) is 59.2. The summed E-state index contributed by atoms with van der Waals surface area (Å²) in [7, 11) is -9.83. The van der Waals surface area contributed by atoms with Crippen LogP contribution in [0.4, 0.5) is 0 Å². The minimum atomic E-state index is -4.96. The van der Waals surface area contributed by atoms with E-state index in [1.54, 1.807) is 0 Å². The number of phosphoric acid groups is 2. The number of carbonyl (C=O) groups is 3. The van der Waals surface area contributed by atoms with Crippen molar-refractivity contribution >= 4 is 33.6 Å². The van der Waals surface area contributed by atoms with E-state index < -0.39 is 91.5 Å². The Morgan fingerprint density at radius 3 is 0.694 bits per heavy atom. The molecule has 0 aliphatic rings. The number of hydrogen-bond acceptors (Lipinski definition) is 14. The molecule has 5 unspecified atom stereocenters. The van der Waals surface area contributed by atoms with E-state index in [0.29, 0.717) is 19.3 Å². The molecule has 4 N–H and O–H groups in total. The van der Waals surface area contributed by atoms with Crippen molar-refractivity contribution in [1.82, 2.24) is 0 Å². The Hall–Kier alpha value is -5.61. The summed E-state index contributed by atoms with van der Waals surface area (Å²) in [6.07, 6.45) is 125. The molecule has 0 aliphatic heterocycles. The van der Waals surface area contributed by atoms with Gasteiger partial charge in [-0.3, -0.25) is 32.5 Å². The van der Waals surface area contributed by atoms with Gasteiger partial charge in [-0.2, -0.15) is 0 Å². The standard InChI is InChI=1S/C103H172O16P2/c1-4-7-10-13-16-19-22-25-28-31-34-37-40-42-44-46-47-48-49-51-53-54-57-59-62-65-68-71-74-77-80-83-86-89-101(106)113-92-98(104)93-115-120(109,110)116-94-99(105)95-117-121(111,112)118-97-100(119-103(108)91-88-85-82-79-76-73-70-67-64-61-56-39-36-33-30-27-24-21-18-15-12-9-6-3)96-114-102(107)90-87-84-81-78-75-72-69-66-63-60-58-55-52-50-45-43-41-38-35-32-29-26-23-20-17-14-11-8-5-2/h7,9-10,12,16-21,25-30,34-39,42-45,47-48,61,64,70,73,98-100,104-105H,4-6,8,11,13-15,22-24,31-33,40-41,46,49-60,62-63,65-69,71-72,74-97H2,1-3H3,(H,109,110)(H,111,112)/b10-7-,12-9-,19-16-,20-17-,21-18-,28-25-,29-26-,30-27-,37-34-,38-35-,39-36-,44-42-,45-43-,48-47-,64-61-,73-70-. The molecule has 690 valence electrons. The lowest BCUT2D eigenvalue weighted by molar-refractivity contribution is -0.161. The van der Waals surface area contributed by atoms with E-state index in [9.17, 15) is 43.5 Å². The number of unbranched alkanes of at least 4 members (excludes halogenated alkanes) is 34. The molecule has 0 aromatic rings. The SMILES string of the molecule is CC/C=C\C/C=C\C/C=C\C/C=C\C/C=C\C/C=C\CCCCCCCCCCCCCCCCC(=O)OCC(O)COP(=O)(O)OCC(O)COP(=O)(O)OCC(COC(=O)CCCCCCCCCCCCCCC/C=C\C/C=C\C/C=C\C/C=C\CCCCC)OC(=O)CCCCCC/C=C\C/C=C\C/C=C\C/C=C\C/C=C\C/C=C\CC. The van der Waals surface area contributed by atoms with Gasteiger partial charge in [0.15, 0.2) is 6.10 Å². The number of esters is 3. The average Bonchev–Trinajstić information content (AvgIpc) is 0.887. The van der Waals surface area contributed by atoms with Crippen LogP contribution in [0.5, 0.6) is 0 Å². The summed E-state index contributed by atoms with van der Waals surface area (Å²) >= 11 is 0. The Morgan fingerprint density at radius 2 is 0.438 bits per heavy atom. The maximum absolute atomic E-state index is 13.1. The molecule has 0 saturated carbocycles. The third-order valence-corrected chi connectivity index (χ3v) is 21.7. The molecule has 0 amide bonds. The van der Waals surface area contributed by atoms with Crippen LogP contribution >= 0.6 is 15.6 Å². The van der Waals surface area contributed by atoms with Crippen LogP contribution in [0.2, 0.25) is 0 Å². The van der Waals surface area contributed by atoms with Crippen molar-refractivity contribution in [2.75, 3.05) is 39.6 Å². The smallest absolute Gasteiger partial charge is 0.463 e. The molecule has 0 bridgehead atoms. The molecule has 0 aromatic carbocycles. The number of carbonyl (C=O) groups excluding carboxylic acids is 3. The van der Waals surface area contributed by atoms with Crippen LogP contribution in [0.3, 0.4) is 0 Å². The maximum atomic E-state index is 13.1. The lowest BCUT2D eigenvalue weighted by atomic mass is 10.0.